The Bertz CT molecular complexity index is 396. The van der Waals surface area contributed by atoms with Gasteiger partial charge in [-0.1, -0.05) is 19.6 Å². The molecule has 0 atom stereocenters. The van der Waals surface area contributed by atoms with Crippen molar-refractivity contribution in [3.63, 3.8) is 0 Å². The third kappa shape index (κ3) is 2.85. The molecule has 0 radical (unpaired) electrons. The number of ether oxygens (including phenoxy) is 1. The molecule has 0 unspecified atom stereocenters. The second kappa shape index (κ2) is 4.70. The number of nitrogens with two attached hydrogens (primary N) is 1. The summed E-state index contributed by atoms with van der Waals surface area (Å²) < 4.78 is 5.05. The molecular formula is C12H19NO2Si. The molecule has 16 heavy (non-hydrogen) atoms. The zero-order valence-electron chi connectivity index (χ0n) is 10.3. The van der Waals surface area contributed by atoms with Gasteiger partial charge in [0.1, 0.15) is 0 Å². The van der Waals surface area contributed by atoms with Crippen molar-refractivity contribution in [2.75, 3.05) is 12.3 Å². The van der Waals surface area contributed by atoms with Crippen LogP contribution in [0.25, 0.3) is 0 Å². The molecule has 88 valence electrons. The highest BCUT2D eigenvalue weighted by Gasteiger charge is 2.24. The first kappa shape index (κ1) is 12.8. The predicted octanol–water partition coefficient (Wildman–Crippen LogP) is 1.99. The third-order valence-electron chi connectivity index (χ3n) is 2.35. The highest BCUT2D eigenvalue weighted by Crippen LogP contribution is 2.12. The van der Waals surface area contributed by atoms with E-state index in [2.05, 4.69) is 19.6 Å². The summed E-state index contributed by atoms with van der Waals surface area (Å²) in [6.45, 7) is 8.76. The summed E-state index contributed by atoms with van der Waals surface area (Å²) in [5.74, 6) is -0.250. The molecule has 1 rings (SSSR count). The van der Waals surface area contributed by atoms with Gasteiger partial charge in [0.15, 0.2) is 0 Å². The summed E-state index contributed by atoms with van der Waals surface area (Å²) in [6.07, 6.45) is 0. The Kier molecular flexibility index (Phi) is 3.75. The van der Waals surface area contributed by atoms with Crippen LogP contribution in [-0.4, -0.2) is 20.7 Å². The van der Waals surface area contributed by atoms with Crippen molar-refractivity contribution in [2.24, 2.45) is 0 Å². The minimum absolute atomic E-state index is 0.250. The Morgan fingerprint density at radius 3 is 2.50 bits per heavy atom. The molecule has 0 aliphatic heterocycles. The number of anilines is 1. The summed E-state index contributed by atoms with van der Waals surface area (Å²) in [5, 5.41) is 1.06. The zero-order chi connectivity index (χ0) is 12.3. The van der Waals surface area contributed by atoms with E-state index in [1.54, 1.807) is 12.1 Å². The lowest BCUT2D eigenvalue weighted by Gasteiger charge is -2.20. The minimum atomic E-state index is -1.58. The topological polar surface area (TPSA) is 52.3 Å². The van der Waals surface area contributed by atoms with Gasteiger partial charge < -0.3 is 10.5 Å². The molecular weight excluding hydrogens is 218 g/mol. The molecule has 0 fully saturated rings. The van der Waals surface area contributed by atoms with E-state index in [0.29, 0.717) is 17.9 Å². The molecule has 0 spiro atoms. The molecule has 0 saturated heterocycles. The molecule has 2 N–H and O–H groups in total. The highest BCUT2D eigenvalue weighted by molar-refractivity contribution is 6.89. The van der Waals surface area contributed by atoms with Gasteiger partial charge in [0.05, 0.1) is 20.2 Å². The maximum absolute atomic E-state index is 11.8. The number of rotatable bonds is 3. The van der Waals surface area contributed by atoms with E-state index in [-0.39, 0.29) is 5.97 Å². The van der Waals surface area contributed by atoms with E-state index in [4.69, 9.17) is 10.5 Å². The van der Waals surface area contributed by atoms with Gasteiger partial charge in [0.25, 0.3) is 0 Å². The number of carbonyl (C=O) groups excluding carboxylic acids is 1. The summed E-state index contributed by atoms with van der Waals surface area (Å²) >= 11 is 0. The Hall–Kier alpha value is -1.29. The Morgan fingerprint density at radius 1 is 1.38 bits per heavy atom. The van der Waals surface area contributed by atoms with Crippen molar-refractivity contribution in [3.8, 4) is 0 Å². The van der Waals surface area contributed by atoms with Gasteiger partial charge in [0.2, 0.25) is 0 Å². The molecule has 0 aliphatic carbocycles. The third-order valence-corrected chi connectivity index (χ3v) is 4.38. The smallest absolute Gasteiger partial charge is 0.337 e. The lowest BCUT2D eigenvalue weighted by molar-refractivity contribution is 0.0528. The van der Waals surface area contributed by atoms with Gasteiger partial charge in [-0.2, -0.15) is 0 Å². The standard InChI is InChI=1S/C12H19NO2Si/c1-5-15-12(14)10-7-6-9(13)8-11(10)16(2,3)4/h6-8H,5,13H2,1-4H3. The van der Waals surface area contributed by atoms with Crippen LogP contribution in [-0.2, 0) is 4.74 Å². The first-order valence-electron chi connectivity index (χ1n) is 5.43. The van der Waals surface area contributed by atoms with E-state index >= 15 is 0 Å². The fraction of sp³-hybridized carbons (Fsp3) is 0.417. The maximum Gasteiger partial charge on any atom is 0.337 e. The van der Waals surface area contributed by atoms with E-state index in [9.17, 15) is 4.79 Å². The Balaban J connectivity index is 3.23. The number of nitrogen functional groups attached to an aromatic ring is 1. The highest BCUT2D eigenvalue weighted by atomic mass is 28.3. The van der Waals surface area contributed by atoms with Crippen molar-refractivity contribution in [1.82, 2.24) is 0 Å². The van der Waals surface area contributed by atoms with E-state index in [0.717, 1.165) is 5.19 Å². The number of hydrogen-bond acceptors (Lipinski definition) is 3. The number of carbonyl (C=O) groups is 1. The largest absolute Gasteiger partial charge is 0.462 e. The number of esters is 1. The molecule has 0 aromatic heterocycles. The molecule has 0 aliphatic rings. The SMILES string of the molecule is CCOC(=O)c1ccc(N)cc1[Si](C)(C)C. The molecule has 3 nitrogen and oxygen atoms in total. The summed E-state index contributed by atoms with van der Waals surface area (Å²) in [5.41, 5.74) is 7.13. The van der Waals surface area contributed by atoms with Gasteiger partial charge in [-0.3, -0.25) is 0 Å². The van der Waals surface area contributed by atoms with Crippen LogP contribution in [0.2, 0.25) is 19.6 Å². The summed E-state index contributed by atoms with van der Waals surface area (Å²) in [7, 11) is -1.58. The Morgan fingerprint density at radius 2 is 2.00 bits per heavy atom. The van der Waals surface area contributed by atoms with Crippen LogP contribution in [0.15, 0.2) is 18.2 Å². The first-order valence-corrected chi connectivity index (χ1v) is 8.93. The zero-order valence-corrected chi connectivity index (χ0v) is 11.3. The lowest BCUT2D eigenvalue weighted by Crippen LogP contribution is -2.41. The van der Waals surface area contributed by atoms with Crippen molar-refractivity contribution >= 4 is 24.9 Å². The molecule has 1 aromatic carbocycles. The second-order valence-electron chi connectivity index (χ2n) is 4.78. The van der Waals surface area contributed by atoms with Crippen LogP contribution in [0.4, 0.5) is 5.69 Å². The average Bonchev–Trinajstić information content (AvgIpc) is 2.16. The van der Waals surface area contributed by atoms with Crippen molar-refractivity contribution < 1.29 is 9.53 Å². The number of benzene rings is 1. The summed E-state index contributed by atoms with van der Waals surface area (Å²) in [6, 6.07) is 5.41. The van der Waals surface area contributed by atoms with E-state index in [1.165, 1.54) is 0 Å². The minimum Gasteiger partial charge on any atom is -0.462 e. The first-order chi connectivity index (χ1) is 7.36. The monoisotopic (exact) mass is 237 g/mol. The quantitative estimate of drug-likeness (QED) is 0.497. The molecule has 0 saturated carbocycles. The van der Waals surface area contributed by atoms with Crippen LogP contribution in [0.5, 0.6) is 0 Å². The fourth-order valence-electron chi connectivity index (χ4n) is 1.57. The van der Waals surface area contributed by atoms with Crippen LogP contribution in [0, 0.1) is 0 Å². The van der Waals surface area contributed by atoms with Crippen molar-refractivity contribution in [2.45, 2.75) is 26.6 Å². The van der Waals surface area contributed by atoms with Gasteiger partial charge >= 0.3 is 5.97 Å². The van der Waals surface area contributed by atoms with Crippen LogP contribution >= 0.6 is 0 Å². The van der Waals surface area contributed by atoms with Gasteiger partial charge in [-0.05, 0) is 30.3 Å². The van der Waals surface area contributed by atoms with Crippen LogP contribution in [0.3, 0.4) is 0 Å². The molecule has 0 bridgehead atoms. The normalized spacial score (nSPS) is 11.2. The summed E-state index contributed by atoms with van der Waals surface area (Å²) in [4.78, 5) is 11.8. The van der Waals surface area contributed by atoms with Gasteiger partial charge in [0, 0.05) is 5.69 Å². The second-order valence-corrected chi connectivity index (χ2v) is 9.81. The molecule has 1 aromatic rings. The van der Waals surface area contributed by atoms with Gasteiger partial charge in [-0.15, -0.1) is 0 Å². The van der Waals surface area contributed by atoms with Gasteiger partial charge in [-0.25, -0.2) is 4.79 Å². The lowest BCUT2D eigenvalue weighted by atomic mass is 10.2. The average molecular weight is 237 g/mol. The molecule has 0 amide bonds. The van der Waals surface area contributed by atoms with E-state index < -0.39 is 8.07 Å². The predicted molar refractivity (Wildman–Crippen MR) is 69.8 cm³/mol. The van der Waals surface area contributed by atoms with Crippen molar-refractivity contribution in [3.05, 3.63) is 23.8 Å². The Labute approximate surface area is 97.6 Å². The van der Waals surface area contributed by atoms with Crippen molar-refractivity contribution in [1.29, 1.82) is 0 Å². The fourth-order valence-corrected chi connectivity index (χ4v) is 3.16. The maximum atomic E-state index is 11.8. The van der Waals surface area contributed by atoms with Crippen LogP contribution in [0.1, 0.15) is 17.3 Å². The molecule has 0 heterocycles. The van der Waals surface area contributed by atoms with Crippen LogP contribution < -0.4 is 10.9 Å². The molecule has 4 heteroatoms. The van der Waals surface area contributed by atoms with E-state index in [1.807, 2.05) is 13.0 Å². The number of hydrogen-bond donors (Lipinski definition) is 1.